The lowest BCUT2D eigenvalue weighted by atomic mass is 9.90. The van der Waals surface area contributed by atoms with Crippen molar-refractivity contribution in [1.82, 2.24) is 0 Å². The second kappa shape index (κ2) is 8.66. The molecule has 1 aromatic carbocycles. The highest BCUT2D eigenvalue weighted by molar-refractivity contribution is 8.01. The number of esters is 1. The Morgan fingerprint density at radius 1 is 1.42 bits per heavy atom. The van der Waals surface area contributed by atoms with Gasteiger partial charge in [0.25, 0.3) is 0 Å². The van der Waals surface area contributed by atoms with Crippen LogP contribution in [-0.4, -0.2) is 75.5 Å². The summed E-state index contributed by atoms with van der Waals surface area (Å²) in [6.07, 6.45) is -5.74. The molecule has 6 N–H and O–H groups in total. The van der Waals surface area contributed by atoms with Gasteiger partial charge in [0.2, 0.25) is 4.93 Å². The fourth-order valence-electron chi connectivity index (χ4n) is 2.79. The van der Waals surface area contributed by atoms with Gasteiger partial charge in [0.15, 0.2) is 0 Å². The monoisotopic (exact) mass is 387 g/mol. The van der Waals surface area contributed by atoms with Gasteiger partial charge in [-0.05, 0) is 19.1 Å². The third kappa shape index (κ3) is 4.37. The van der Waals surface area contributed by atoms with E-state index in [0.717, 1.165) is 17.3 Å². The SMILES string of the molecule is COC(=O)C1(Sc2ccc(C)cc2)CC(O)C(N)C([C@H](O)[C@H](O)CO)O1. The molecule has 0 bridgehead atoms. The lowest BCUT2D eigenvalue weighted by molar-refractivity contribution is -0.203. The average Bonchev–Trinajstić information content (AvgIpc) is 2.64. The molecule has 8 nitrogen and oxygen atoms in total. The van der Waals surface area contributed by atoms with Crippen LogP contribution in [0.15, 0.2) is 29.2 Å². The maximum Gasteiger partial charge on any atom is 0.349 e. The highest BCUT2D eigenvalue weighted by Crippen LogP contribution is 2.44. The molecule has 146 valence electrons. The van der Waals surface area contributed by atoms with Crippen LogP contribution in [0.25, 0.3) is 0 Å². The fourth-order valence-corrected chi connectivity index (χ4v) is 4.03. The normalized spacial score (nSPS) is 31.3. The van der Waals surface area contributed by atoms with Crippen molar-refractivity contribution in [3.63, 3.8) is 0 Å². The molecule has 1 aliphatic rings. The molecule has 26 heavy (non-hydrogen) atoms. The van der Waals surface area contributed by atoms with Crippen LogP contribution >= 0.6 is 11.8 Å². The Morgan fingerprint density at radius 2 is 2.04 bits per heavy atom. The fraction of sp³-hybridized carbons (Fsp3) is 0.588. The number of thioether (sulfide) groups is 1. The zero-order valence-electron chi connectivity index (χ0n) is 14.6. The molecule has 2 rings (SSSR count). The van der Waals surface area contributed by atoms with E-state index >= 15 is 0 Å². The smallest absolute Gasteiger partial charge is 0.349 e. The average molecular weight is 387 g/mol. The van der Waals surface area contributed by atoms with Crippen LogP contribution in [-0.2, 0) is 14.3 Å². The largest absolute Gasteiger partial charge is 0.466 e. The molecular weight excluding hydrogens is 362 g/mol. The summed E-state index contributed by atoms with van der Waals surface area (Å²) in [5.74, 6) is -0.746. The molecule has 6 atom stereocenters. The number of aliphatic hydroxyl groups excluding tert-OH is 4. The van der Waals surface area contributed by atoms with Crippen molar-refractivity contribution in [1.29, 1.82) is 0 Å². The van der Waals surface area contributed by atoms with Crippen molar-refractivity contribution >= 4 is 17.7 Å². The quantitative estimate of drug-likeness (QED) is 0.394. The Morgan fingerprint density at radius 3 is 2.58 bits per heavy atom. The van der Waals surface area contributed by atoms with E-state index in [1.54, 1.807) is 12.1 Å². The van der Waals surface area contributed by atoms with Gasteiger partial charge in [-0.3, -0.25) is 0 Å². The number of methoxy groups -OCH3 is 1. The van der Waals surface area contributed by atoms with Gasteiger partial charge in [-0.15, -0.1) is 0 Å². The van der Waals surface area contributed by atoms with Crippen LogP contribution in [0.3, 0.4) is 0 Å². The molecule has 0 amide bonds. The summed E-state index contributed by atoms with van der Waals surface area (Å²) in [7, 11) is 1.19. The minimum Gasteiger partial charge on any atom is -0.466 e. The summed E-state index contributed by atoms with van der Waals surface area (Å²) in [5.41, 5.74) is 6.94. The molecule has 9 heteroatoms. The van der Waals surface area contributed by atoms with Gasteiger partial charge in [-0.1, -0.05) is 29.5 Å². The minimum absolute atomic E-state index is 0.155. The van der Waals surface area contributed by atoms with Gasteiger partial charge in [0.1, 0.15) is 18.3 Å². The Balaban J connectivity index is 2.36. The number of rotatable bonds is 6. The highest BCUT2D eigenvalue weighted by atomic mass is 32.2. The van der Waals surface area contributed by atoms with Crippen molar-refractivity contribution in [2.24, 2.45) is 5.73 Å². The summed E-state index contributed by atoms with van der Waals surface area (Å²) in [6, 6.07) is 6.26. The Bertz CT molecular complexity index is 614. The third-order valence-corrected chi connectivity index (χ3v) is 5.61. The van der Waals surface area contributed by atoms with Gasteiger partial charge in [0, 0.05) is 11.3 Å². The van der Waals surface area contributed by atoms with Crippen molar-refractivity contribution in [2.75, 3.05) is 13.7 Å². The van der Waals surface area contributed by atoms with Crippen LogP contribution in [0.2, 0.25) is 0 Å². The van der Waals surface area contributed by atoms with Crippen molar-refractivity contribution in [3.8, 4) is 0 Å². The molecule has 1 saturated heterocycles. The third-order valence-electron chi connectivity index (χ3n) is 4.35. The lowest BCUT2D eigenvalue weighted by Crippen LogP contribution is -2.64. The number of nitrogens with two attached hydrogens (primary N) is 1. The van der Waals surface area contributed by atoms with Crippen molar-refractivity contribution in [3.05, 3.63) is 29.8 Å². The topological polar surface area (TPSA) is 142 Å². The number of hydrogen-bond donors (Lipinski definition) is 5. The van der Waals surface area contributed by atoms with E-state index in [1.165, 1.54) is 7.11 Å². The second-order valence-electron chi connectivity index (χ2n) is 6.33. The predicted molar refractivity (Wildman–Crippen MR) is 94.4 cm³/mol. The van der Waals surface area contributed by atoms with Crippen molar-refractivity contribution in [2.45, 2.75) is 53.6 Å². The molecule has 4 unspecified atom stereocenters. The van der Waals surface area contributed by atoms with E-state index in [9.17, 15) is 20.1 Å². The van der Waals surface area contributed by atoms with E-state index in [-0.39, 0.29) is 6.42 Å². The first-order valence-corrected chi connectivity index (χ1v) is 8.98. The van der Waals surface area contributed by atoms with Crippen molar-refractivity contribution < 1.29 is 34.7 Å². The minimum atomic E-state index is -1.65. The zero-order chi connectivity index (χ0) is 19.5. The van der Waals surface area contributed by atoms with Gasteiger partial charge in [-0.2, -0.15) is 0 Å². The molecule has 0 aliphatic carbocycles. The van der Waals surface area contributed by atoms with Crippen LogP contribution < -0.4 is 5.73 Å². The molecule has 0 saturated carbocycles. The van der Waals surface area contributed by atoms with E-state index in [1.807, 2.05) is 19.1 Å². The molecule has 1 aliphatic heterocycles. The number of aliphatic hydroxyl groups is 4. The summed E-state index contributed by atoms with van der Waals surface area (Å²) in [4.78, 5) is 11.5. The van der Waals surface area contributed by atoms with Gasteiger partial charge in [-0.25, -0.2) is 4.79 Å². The highest BCUT2D eigenvalue weighted by Gasteiger charge is 2.54. The number of benzene rings is 1. The molecule has 1 fully saturated rings. The molecular formula is C17H25NO7S. The molecule has 0 spiro atoms. The standard InChI is InChI=1S/C17H25NO7S/c1-9-3-5-10(6-4-9)26-17(16(23)24-2)7-11(20)13(18)15(25-17)14(22)12(21)8-19/h3-6,11-15,19-22H,7-8,18H2,1-2H3/t11?,12-,13?,14-,15?,17?/m1/s1. The Kier molecular flexibility index (Phi) is 7.03. The Hall–Kier alpha value is -1.20. The van der Waals surface area contributed by atoms with E-state index in [0.29, 0.717) is 4.90 Å². The predicted octanol–water partition coefficient (Wildman–Crippen LogP) is -0.852. The van der Waals surface area contributed by atoms with E-state index in [4.69, 9.17) is 20.3 Å². The van der Waals surface area contributed by atoms with Crippen LogP contribution in [0, 0.1) is 6.92 Å². The first-order chi connectivity index (χ1) is 12.2. The number of hydrogen-bond acceptors (Lipinski definition) is 9. The number of carbonyl (C=O) groups excluding carboxylic acids is 1. The van der Waals surface area contributed by atoms with Crippen LogP contribution in [0.5, 0.6) is 0 Å². The van der Waals surface area contributed by atoms with Crippen LogP contribution in [0.1, 0.15) is 12.0 Å². The van der Waals surface area contributed by atoms with E-state index < -0.39 is 48.0 Å². The number of aryl methyl sites for hydroxylation is 1. The van der Waals surface area contributed by atoms with Gasteiger partial charge in [0.05, 0.1) is 25.9 Å². The zero-order valence-corrected chi connectivity index (χ0v) is 15.4. The Labute approximate surface area is 155 Å². The molecule has 0 aromatic heterocycles. The number of ether oxygens (including phenoxy) is 2. The molecule has 1 heterocycles. The van der Waals surface area contributed by atoms with E-state index in [2.05, 4.69) is 0 Å². The lowest BCUT2D eigenvalue weighted by Gasteiger charge is -2.45. The summed E-state index contributed by atoms with van der Waals surface area (Å²) in [5, 5.41) is 39.4. The first kappa shape index (κ1) is 21.1. The molecule has 0 radical (unpaired) electrons. The number of carbonyl (C=O) groups is 1. The summed E-state index contributed by atoms with van der Waals surface area (Å²) in [6.45, 7) is 1.20. The maximum absolute atomic E-state index is 12.5. The summed E-state index contributed by atoms with van der Waals surface area (Å²) < 4.78 is 10.7. The van der Waals surface area contributed by atoms with Gasteiger partial charge >= 0.3 is 5.97 Å². The second-order valence-corrected chi connectivity index (χ2v) is 7.67. The first-order valence-electron chi connectivity index (χ1n) is 8.16. The molecule has 1 aromatic rings. The maximum atomic E-state index is 12.5. The van der Waals surface area contributed by atoms with Gasteiger partial charge < -0.3 is 35.6 Å². The summed E-state index contributed by atoms with van der Waals surface area (Å²) >= 11 is 1.03. The van der Waals surface area contributed by atoms with Crippen LogP contribution in [0.4, 0.5) is 0 Å².